The Morgan fingerprint density at radius 3 is 1.96 bits per heavy atom. The van der Waals surface area contributed by atoms with Gasteiger partial charge in [0, 0.05) is 6.54 Å². The number of rotatable bonds is 8. The highest BCUT2D eigenvalue weighted by molar-refractivity contribution is 7.89. The minimum atomic E-state index is -3.86. The van der Waals surface area contributed by atoms with Crippen LogP contribution in [0.1, 0.15) is 27.1 Å². The van der Waals surface area contributed by atoms with E-state index in [9.17, 15) is 18.0 Å². The molecule has 0 unspecified atom stereocenters. The highest BCUT2D eigenvalue weighted by Crippen LogP contribution is 2.17. The minimum absolute atomic E-state index is 0.0500. The first-order chi connectivity index (χ1) is 10.9. The molecular weight excluding hydrogens is 324 g/mol. The first kappa shape index (κ1) is 19.1. The number of nitrogens with one attached hydrogen (secondary N) is 2. The fourth-order valence-corrected chi connectivity index (χ4v) is 2.92. The lowest BCUT2D eigenvalue weighted by atomic mass is 10.1. The number of hydrogen-bond donors (Lipinski definition) is 2. The zero-order valence-corrected chi connectivity index (χ0v) is 14.0. The van der Waals surface area contributed by atoms with Gasteiger partial charge < -0.3 is 14.8 Å². The van der Waals surface area contributed by atoms with Crippen LogP contribution in [0.2, 0.25) is 0 Å². The van der Waals surface area contributed by atoms with Crippen molar-refractivity contribution in [2.45, 2.75) is 11.3 Å². The van der Waals surface area contributed by atoms with Crippen LogP contribution in [0.25, 0.3) is 0 Å². The van der Waals surface area contributed by atoms with E-state index < -0.39 is 22.0 Å². The molecule has 0 saturated carbocycles. The molecule has 1 aromatic carbocycles. The van der Waals surface area contributed by atoms with Crippen molar-refractivity contribution < 1.29 is 27.5 Å². The number of esters is 2. The number of sulfonamides is 1. The van der Waals surface area contributed by atoms with Crippen molar-refractivity contribution in [2.75, 3.05) is 34.4 Å². The van der Waals surface area contributed by atoms with Gasteiger partial charge in [0.2, 0.25) is 10.0 Å². The molecule has 0 radical (unpaired) electrons. The van der Waals surface area contributed by atoms with Crippen molar-refractivity contribution in [2.24, 2.45) is 0 Å². The zero-order chi connectivity index (χ0) is 17.5. The van der Waals surface area contributed by atoms with Crippen LogP contribution in [0.5, 0.6) is 0 Å². The van der Waals surface area contributed by atoms with Crippen LogP contribution in [0.4, 0.5) is 0 Å². The van der Waals surface area contributed by atoms with Crippen molar-refractivity contribution in [1.29, 1.82) is 0 Å². The van der Waals surface area contributed by atoms with E-state index >= 15 is 0 Å². The van der Waals surface area contributed by atoms with Gasteiger partial charge >= 0.3 is 11.9 Å². The molecule has 0 spiro atoms. The Bertz CT molecular complexity index is 638. The number of carbonyl (C=O) groups is 2. The van der Waals surface area contributed by atoms with E-state index in [2.05, 4.69) is 19.5 Å². The highest BCUT2D eigenvalue weighted by Gasteiger charge is 2.20. The molecule has 0 heterocycles. The number of methoxy groups -OCH3 is 2. The number of hydrogen-bond acceptors (Lipinski definition) is 7. The van der Waals surface area contributed by atoms with Gasteiger partial charge in [-0.3, -0.25) is 0 Å². The van der Waals surface area contributed by atoms with Crippen molar-refractivity contribution in [3.05, 3.63) is 29.3 Å². The van der Waals surface area contributed by atoms with E-state index in [0.29, 0.717) is 13.0 Å². The SMILES string of the molecule is CNCCCNS(=O)(=O)c1cc(C(=O)OC)cc(C(=O)OC)c1. The standard InChI is InChI=1S/C14H20N2O6S/c1-15-5-4-6-16-23(19,20)12-8-10(13(17)21-2)7-11(9-12)14(18)22-3/h7-9,15-16H,4-6H2,1-3H3. The third-order valence-corrected chi connectivity index (χ3v) is 4.40. The normalized spacial score (nSPS) is 11.1. The van der Waals surface area contributed by atoms with Gasteiger partial charge in [0.1, 0.15) is 0 Å². The van der Waals surface area contributed by atoms with Crippen LogP contribution in [0, 0.1) is 0 Å². The van der Waals surface area contributed by atoms with Crippen LogP contribution in [-0.4, -0.2) is 54.7 Å². The number of ether oxygens (including phenoxy) is 2. The summed E-state index contributed by atoms with van der Waals surface area (Å²) in [6, 6.07) is 3.52. The molecule has 0 atom stereocenters. The van der Waals surface area contributed by atoms with Crippen LogP contribution in [0.3, 0.4) is 0 Å². The lowest BCUT2D eigenvalue weighted by molar-refractivity contribution is 0.0598. The molecule has 23 heavy (non-hydrogen) atoms. The number of carbonyl (C=O) groups excluding carboxylic acids is 2. The Balaban J connectivity index is 3.17. The predicted molar refractivity (Wildman–Crippen MR) is 82.9 cm³/mol. The van der Waals surface area contributed by atoms with Crippen molar-refractivity contribution in [1.82, 2.24) is 10.0 Å². The van der Waals surface area contributed by atoms with Gasteiger partial charge in [-0.05, 0) is 38.2 Å². The average molecular weight is 344 g/mol. The Morgan fingerprint density at radius 2 is 1.52 bits per heavy atom. The summed E-state index contributed by atoms with van der Waals surface area (Å²) in [5.74, 6) is -1.50. The first-order valence-electron chi connectivity index (χ1n) is 6.81. The van der Waals surface area contributed by atoms with Crippen molar-refractivity contribution in [3.8, 4) is 0 Å². The summed E-state index contributed by atoms with van der Waals surface area (Å²) >= 11 is 0. The molecule has 1 rings (SSSR count). The van der Waals surface area contributed by atoms with Gasteiger partial charge in [-0.1, -0.05) is 0 Å². The fourth-order valence-electron chi connectivity index (χ4n) is 1.78. The van der Waals surface area contributed by atoms with Gasteiger partial charge in [-0.15, -0.1) is 0 Å². The summed E-state index contributed by atoms with van der Waals surface area (Å²) < 4.78 is 36.1. The molecular formula is C14H20N2O6S. The predicted octanol–water partition coefficient (Wildman–Crippen LogP) is 0.148. The second-order valence-electron chi connectivity index (χ2n) is 4.58. The maximum absolute atomic E-state index is 12.3. The maximum atomic E-state index is 12.3. The minimum Gasteiger partial charge on any atom is -0.465 e. The lowest BCUT2D eigenvalue weighted by Gasteiger charge is -2.10. The molecule has 9 heteroatoms. The summed E-state index contributed by atoms with van der Waals surface area (Å²) in [5.41, 5.74) is -0.100. The molecule has 1 aromatic rings. The Hall–Kier alpha value is -1.97. The van der Waals surface area contributed by atoms with E-state index in [1.165, 1.54) is 6.07 Å². The van der Waals surface area contributed by atoms with Gasteiger partial charge in [-0.2, -0.15) is 0 Å². The van der Waals surface area contributed by atoms with Gasteiger partial charge in [0.25, 0.3) is 0 Å². The maximum Gasteiger partial charge on any atom is 0.337 e. The second kappa shape index (κ2) is 8.61. The highest BCUT2D eigenvalue weighted by atomic mass is 32.2. The molecule has 0 aliphatic carbocycles. The quantitative estimate of drug-likeness (QED) is 0.510. The molecule has 0 bridgehead atoms. The third-order valence-electron chi connectivity index (χ3n) is 2.95. The number of benzene rings is 1. The molecule has 0 aromatic heterocycles. The first-order valence-corrected chi connectivity index (χ1v) is 8.30. The van der Waals surface area contributed by atoms with Crippen LogP contribution in [-0.2, 0) is 19.5 Å². The van der Waals surface area contributed by atoms with Crippen LogP contribution < -0.4 is 10.0 Å². The summed E-state index contributed by atoms with van der Waals surface area (Å²) in [6.07, 6.45) is 0.594. The van der Waals surface area contributed by atoms with Gasteiger partial charge in [0.15, 0.2) is 0 Å². The molecule has 8 nitrogen and oxygen atoms in total. The van der Waals surface area contributed by atoms with E-state index in [1.54, 1.807) is 7.05 Å². The van der Waals surface area contributed by atoms with Gasteiger partial charge in [-0.25, -0.2) is 22.7 Å². The average Bonchev–Trinajstić information content (AvgIpc) is 2.56. The fraction of sp³-hybridized carbons (Fsp3) is 0.429. The summed E-state index contributed by atoms with van der Waals surface area (Å²) in [7, 11) is 0.226. The smallest absolute Gasteiger partial charge is 0.337 e. The third kappa shape index (κ3) is 5.31. The van der Waals surface area contributed by atoms with E-state index in [0.717, 1.165) is 26.4 Å². The zero-order valence-electron chi connectivity index (χ0n) is 13.2. The summed E-state index contributed by atoms with van der Waals surface area (Å²) in [6.45, 7) is 0.872. The molecule has 128 valence electrons. The monoisotopic (exact) mass is 344 g/mol. The molecule has 0 aliphatic rings. The summed E-state index contributed by atoms with van der Waals surface area (Å²) in [4.78, 5) is 23.1. The second-order valence-corrected chi connectivity index (χ2v) is 6.35. The molecule has 2 N–H and O–H groups in total. The van der Waals surface area contributed by atoms with E-state index in [4.69, 9.17) is 0 Å². The van der Waals surface area contributed by atoms with E-state index in [-0.39, 0.29) is 22.6 Å². The Kier molecular flexibility index (Phi) is 7.14. The molecule has 0 aliphatic heterocycles. The Labute approximate surface area is 135 Å². The molecule has 0 amide bonds. The molecule has 0 saturated heterocycles. The van der Waals surface area contributed by atoms with Crippen LogP contribution >= 0.6 is 0 Å². The summed E-state index contributed by atoms with van der Waals surface area (Å²) in [5, 5.41) is 2.90. The lowest BCUT2D eigenvalue weighted by Crippen LogP contribution is -2.27. The van der Waals surface area contributed by atoms with Crippen LogP contribution in [0.15, 0.2) is 23.1 Å². The Morgan fingerprint density at radius 1 is 1.00 bits per heavy atom. The molecule has 0 fully saturated rings. The largest absolute Gasteiger partial charge is 0.465 e. The van der Waals surface area contributed by atoms with Crippen molar-refractivity contribution >= 4 is 22.0 Å². The van der Waals surface area contributed by atoms with E-state index in [1.807, 2.05) is 0 Å². The topological polar surface area (TPSA) is 111 Å². The van der Waals surface area contributed by atoms with Gasteiger partial charge in [0.05, 0.1) is 30.2 Å². The van der Waals surface area contributed by atoms with Crippen molar-refractivity contribution in [3.63, 3.8) is 0 Å².